The lowest BCUT2D eigenvalue weighted by atomic mass is 9.93. The average molecular weight is 301 g/mol. The van der Waals surface area contributed by atoms with E-state index >= 15 is 0 Å². The van der Waals surface area contributed by atoms with Crippen molar-refractivity contribution < 1.29 is 9.90 Å². The second-order valence-electron chi connectivity index (χ2n) is 5.55. The number of benzene rings is 1. The molecule has 0 bridgehead atoms. The molecule has 3 rings (SSSR count). The fourth-order valence-electron chi connectivity index (χ4n) is 3.06. The Morgan fingerprint density at radius 3 is 2.82 bits per heavy atom. The summed E-state index contributed by atoms with van der Waals surface area (Å²) in [5, 5.41) is 9.22. The van der Waals surface area contributed by atoms with E-state index in [-0.39, 0.29) is 36.1 Å². The van der Waals surface area contributed by atoms with Gasteiger partial charge in [0.15, 0.2) is 0 Å². The monoisotopic (exact) mass is 301 g/mol. The number of aliphatic hydroxyl groups is 1. The summed E-state index contributed by atoms with van der Waals surface area (Å²) < 4.78 is 0. The quantitative estimate of drug-likeness (QED) is 0.567. The molecule has 7 heteroatoms. The van der Waals surface area contributed by atoms with Gasteiger partial charge in [-0.3, -0.25) is 4.79 Å². The van der Waals surface area contributed by atoms with Gasteiger partial charge in [-0.2, -0.15) is 0 Å². The van der Waals surface area contributed by atoms with Crippen molar-refractivity contribution in [2.45, 2.75) is 18.1 Å². The van der Waals surface area contributed by atoms with Crippen molar-refractivity contribution in [3.63, 3.8) is 0 Å². The molecule has 0 aromatic heterocycles. The Kier molecular flexibility index (Phi) is 3.59. The minimum atomic E-state index is -0.581. The van der Waals surface area contributed by atoms with Crippen LogP contribution in [0.15, 0.2) is 40.9 Å². The number of fused-ring (bicyclic) bond motifs is 3. The van der Waals surface area contributed by atoms with Gasteiger partial charge in [-0.05, 0) is 11.6 Å². The van der Waals surface area contributed by atoms with Crippen LogP contribution in [0.2, 0.25) is 0 Å². The molecule has 0 saturated heterocycles. The predicted octanol–water partition coefficient (Wildman–Crippen LogP) is -0.982. The molecule has 116 valence electrons. The average Bonchev–Trinajstić information content (AvgIpc) is 2.80. The molecule has 3 atom stereocenters. The molecule has 0 fully saturated rings. The highest BCUT2D eigenvalue weighted by molar-refractivity contribution is 6.20. The molecule has 1 aromatic rings. The summed E-state index contributed by atoms with van der Waals surface area (Å²) in [6, 6.07) is 7.44. The number of nitrogens with zero attached hydrogens (tertiary/aromatic N) is 2. The predicted molar refractivity (Wildman–Crippen MR) is 84.3 cm³/mol. The lowest BCUT2D eigenvalue weighted by molar-refractivity contribution is -0.114. The normalized spacial score (nSPS) is 24.2. The summed E-state index contributed by atoms with van der Waals surface area (Å²) >= 11 is 0. The number of amides is 1. The molecule has 2 unspecified atom stereocenters. The summed E-state index contributed by atoms with van der Waals surface area (Å²) in [6.07, 6.45) is 1.51. The molecule has 0 saturated carbocycles. The second-order valence-corrected chi connectivity index (χ2v) is 5.55. The maximum Gasteiger partial charge on any atom is 0.252 e. The number of primary amides is 1. The van der Waals surface area contributed by atoms with Crippen LogP contribution in [0.5, 0.6) is 0 Å². The van der Waals surface area contributed by atoms with Crippen LogP contribution in [0, 0.1) is 0 Å². The van der Waals surface area contributed by atoms with Crippen LogP contribution in [-0.4, -0.2) is 42.2 Å². The summed E-state index contributed by atoms with van der Waals surface area (Å²) in [4.78, 5) is 18.0. The SMILES string of the molecule is NC(=O)C1=CC2c3ccccc3N(C[C@@H](N)CO)C2N=C1N. The van der Waals surface area contributed by atoms with Gasteiger partial charge in [0.2, 0.25) is 0 Å². The number of anilines is 1. The van der Waals surface area contributed by atoms with Gasteiger partial charge in [0, 0.05) is 24.2 Å². The van der Waals surface area contributed by atoms with Gasteiger partial charge < -0.3 is 27.2 Å². The van der Waals surface area contributed by atoms with Gasteiger partial charge in [-0.25, -0.2) is 4.99 Å². The van der Waals surface area contributed by atoms with E-state index < -0.39 is 5.91 Å². The molecule has 7 nitrogen and oxygen atoms in total. The number of nitrogens with two attached hydrogens (primary N) is 3. The van der Waals surface area contributed by atoms with Gasteiger partial charge in [0.25, 0.3) is 5.91 Å². The Hall–Kier alpha value is -2.38. The van der Waals surface area contributed by atoms with Crippen LogP contribution < -0.4 is 22.1 Å². The zero-order chi connectivity index (χ0) is 15.9. The number of rotatable bonds is 4. The Morgan fingerprint density at radius 2 is 2.14 bits per heavy atom. The van der Waals surface area contributed by atoms with Crippen LogP contribution in [0.4, 0.5) is 5.69 Å². The van der Waals surface area contributed by atoms with E-state index in [0.29, 0.717) is 6.54 Å². The Bertz CT molecular complexity index is 670. The smallest absolute Gasteiger partial charge is 0.252 e. The van der Waals surface area contributed by atoms with Crippen molar-refractivity contribution >= 4 is 17.4 Å². The third-order valence-corrected chi connectivity index (χ3v) is 4.07. The molecule has 1 amide bonds. The highest BCUT2D eigenvalue weighted by Crippen LogP contribution is 2.44. The first-order valence-electron chi connectivity index (χ1n) is 7.10. The first kappa shape index (κ1) is 14.6. The Morgan fingerprint density at radius 1 is 1.41 bits per heavy atom. The maximum atomic E-state index is 11.5. The van der Waals surface area contributed by atoms with Crippen molar-refractivity contribution in [3.05, 3.63) is 41.5 Å². The zero-order valence-corrected chi connectivity index (χ0v) is 12.0. The topological polar surface area (TPSA) is 131 Å². The lowest BCUT2D eigenvalue weighted by Crippen LogP contribution is -2.45. The molecule has 2 aliphatic heterocycles. The summed E-state index contributed by atoms with van der Waals surface area (Å²) in [6.45, 7) is 0.336. The first-order valence-corrected chi connectivity index (χ1v) is 7.10. The van der Waals surface area contributed by atoms with E-state index in [1.165, 1.54) is 0 Å². The summed E-state index contributed by atoms with van der Waals surface area (Å²) in [7, 11) is 0. The van der Waals surface area contributed by atoms with E-state index in [0.717, 1.165) is 11.3 Å². The van der Waals surface area contributed by atoms with Crippen LogP contribution >= 0.6 is 0 Å². The molecular weight excluding hydrogens is 282 g/mol. The number of carbonyl (C=O) groups is 1. The number of dihydropyridines is 1. The van der Waals surface area contributed by atoms with Gasteiger partial charge in [-0.15, -0.1) is 0 Å². The van der Waals surface area contributed by atoms with Crippen molar-refractivity contribution in [3.8, 4) is 0 Å². The highest BCUT2D eigenvalue weighted by Gasteiger charge is 2.40. The van der Waals surface area contributed by atoms with Crippen LogP contribution in [0.3, 0.4) is 0 Å². The number of carbonyl (C=O) groups excluding carboxylic acids is 1. The lowest BCUT2D eigenvalue weighted by Gasteiger charge is -2.31. The van der Waals surface area contributed by atoms with Gasteiger partial charge in [0.1, 0.15) is 12.0 Å². The van der Waals surface area contributed by atoms with E-state index in [1.807, 2.05) is 29.2 Å². The summed E-state index contributed by atoms with van der Waals surface area (Å²) in [5.74, 6) is -0.538. The number of para-hydroxylation sites is 1. The molecule has 1 aromatic carbocycles. The molecule has 22 heavy (non-hydrogen) atoms. The number of hydrogen-bond acceptors (Lipinski definition) is 6. The largest absolute Gasteiger partial charge is 0.395 e. The van der Waals surface area contributed by atoms with Crippen LogP contribution in [0.25, 0.3) is 0 Å². The molecule has 2 aliphatic rings. The van der Waals surface area contributed by atoms with Crippen LogP contribution in [0.1, 0.15) is 11.5 Å². The molecule has 7 N–H and O–H groups in total. The van der Waals surface area contributed by atoms with Gasteiger partial charge >= 0.3 is 0 Å². The molecular formula is C15H19N5O2. The van der Waals surface area contributed by atoms with E-state index in [2.05, 4.69) is 4.99 Å². The Labute approximate surface area is 128 Å². The first-order chi connectivity index (χ1) is 10.5. The van der Waals surface area contributed by atoms with Gasteiger partial charge in [0.05, 0.1) is 12.2 Å². The minimum Gasteiger partial charge on any atom is -0.395 e. The van der Waals surface area contributed by atoms with E-state index in [9.17, 15) is 9.90 Å². The Balaban J connectivity index is 2.04. The van der Waals surface area contributed by atoms with Crippen molar-refractivity contribution in [2.75, 3.05) is 18.1 Å². The third kappa shape index (κ3) is 2.24. The van der Waals surface area contributed by atoms with Crippen molar-refractivity contribution in [2.24, 2.45) is 22.2 Å². The zero-order valence-electron chi connectivity index (χ0n) is 12.0. The van der Waals surface area contributed by atoms with E-state index in [4.69, 9.17) is 17.2 Å². The second kappa shape index (κ2) is 5.43. The molecule has 2 heterocycles. The fourth-order valence-corrected chi connectivity index (χ4v) is 3.06. The standard InChI is InChI=1S/C15H19N5O2/c16-8(7-21)6-20-12-4-2-1-3-9(12)10-5-11(14(18)22)13(17)19-15(10)20/h1-5,8,10,15,21H,6-7,16H2,(H2,17,19)(H2,18,22)/t8-,10?,15?/m1/s1. The van der Waals surface area contributed by atoms with Gasteiger partial charge in [-0.1, -0.05) is 24.3 Å². The number of amidine groups is 1. The minimum absolute atomic E-state index is 0.100. The van der Waals surface area contributed by atoms with E-state index in [1.54, 1.807) is 6.08 Å². The molecule has 0 radical (unpaired) electrons. The number of hydrogen-bond donors (Lipinski definition) is 4. The third-order valence-electron chi connectivity index (χ3n) is 4.07. The van der Waals surface area contributed by atoms with Crippen LogP contribution in [-0.2, 0) is 4.79 Å². The molecule has 0 spiro atoms. The maximum absolute atomic E-state index is 11.5. The fraction of sp³-hybridized carbons (Fsp3) is 0.333. The van der Waals surface area contributed by atoms with Crippen molar-refractivity contribution in [1.29, 1.82) is 0 Å². The summed E-state index contributed by atoms with van der Waals surface area (Å²) in [5.41, 5.74) is 19.4. The van der Waals surface area contributed by atoms with Crippen molar-refractivity contribution in [1.82, 2.24) is 0 Å². The highest BCUT2D eigenvalue weighted by atomic mass is 16.3. The number of aliphatic hydroxyl groups excluding tert-OH is 1. The molecule has 0 aliphatic carbocycles. The number of aliphatic imine (C=N–C) groups is 1.